The zero-order chi connectivity index (χ0) is 10.8. The minimum atomic E-state index is 0.240. The number of hydrogen-bond donors (Lipinski definition) is 1. The maximum absolute atomic E-state index is 4.41. The fourth-order valence-corrected chi connectivity index (χ4v) is 2.90. The average Bonchev–Trinajstić information content (AvgIpc) is 2.75. The molecule has 0 bridgehead atoms. The van der Waals surface area contributed by atoms with Crippen LogP contribution in [0.15, 0.2) is 5.51 Å². The summed E-state index contributed by atoms with van der Waals surface area (Å²) in [7, 11) is 0. The molecule has 0 aliphatic carbocycles. The van der Waals surface area contributed by atoms with E-state index in [1.165, 1.54) is 16.2 Å². The molecule has 0 radical (unpaired) electrons. The maximum atomic E-state index is 4.41. The zero-order valence-electron chi connectivity index (χ0n) is 8.81. The molecule has 2 aromatic rings. The van der Waals surface area contributed by atoms with E-state index in [2.05, 4.69) is 27.4 Å². The van der Waals surface area contributed by atoms with Crippen LogP contribution in [0.5, 0.6) is 0 Å². The molecule has 6 heteroatoms. The van der Waals surface area contributed by atoms with Crippen LogP contribution in [0.4, 0.5) is 5.13 Å². The van der Waals surface area contributed by atoms with E-state index in [4.69, 9.17) is 0 Å². The predicted molar refractivity (Wildman–Crippen MR) is 63.5 cm³/mol. The van der Waals surface area contributed by atoms with Gasteiger partial charge in [-0.1, -0.05) is 11.3 Å². The van der Waals surface area contributed by atoms with Crippen LogP contribution >= 0.6 is 22.7 Å². The lowest BCUT2D eigenvalue weighted by molar-refractivity contribution is 0.878. The Bertz CT molecular complexity index is 435. The molecular formula is C9H12N4S2. The lowest BCUT2D eigenvalue weighted by Crippen LogP contribution is -2.05. The second kappa shape index (κ2) is 4.24. The van der Waals surface area contributed by atoms with Gasteiger partial charge in [0.05, 0.1) is 16.7 Å². The standard InChI is InChI=1S/C9H12N4S2/c1-5-8(15-7(3)11-5)6(2)12-9-13-10-4-14-9/h4,6H,1-3H3,(H,12,13). The molecule has 1 unspecified atom stereocenters. The van der Waals surface area contributed by atoms with Crippen LogP contribution in [0.3, 0.4) is 0 Å². The van der Waals surface area contributed by atoms with Gasteiger partial charge in [-0.2, -0.15) is 0 Å². The molecule has 1 atom stereocenters. The average molecular weight is 240 g/mol. The molecule has 0 fully saturated rings. The zero-order valence-corrected chi connectivity index (χ0v) is 10.4. The fourth-order valence-electron chi connectivity index (χ4n) is 1.44. The normalized spacial score (nSPS) is 12.7. The quantitative estimate of drug-likeness (QED) is 0.896. The number of thiazole rings is 1. The summed E-state index contributed by atoms with van der Waals surface area (Å²) in [5, 5.41) is 13.0. The Hall–Kier alpha value is -1.01. The molecule has 1 N–H and O–H groups in total. The van der Waals surface area contributed by atoms with Crippen LogP contribution in [0.1, 0.15) is 28.5 Å². The van der Waals surface area contributed by atoms with E-state index in [0.29, 0.717) is 0 Å². The van der Waals surface area contributed by atoms with Gasteiger partial charge in [0.25, 0.3) is 0 Å². The van der Waals surface area contributed by atoms with E-state index in [1.807, 2.05) is 13.8 Å². The predicted octanol–water partition coefficient (Wildman–Crippen LogP) is 2.78. The molecule has 2 rings (SSSR count). The van der Waals surface area contributed by atoms with Gasteiger partial charge in [0.15, 0.2) is 0 Å². The summed E-state index contributed by atoms with van der Waals surface area (Å²) in [5.41, 5.74) is 2.82. The second-order valence-electron chi connectivity index (χ2n) is 3.29. The van der Waals surface area contributed by atoms with Crippen molar-refractivity contribution in [2.45, 2.75) is 26.8 Å². The summed E-state index contributed by atoms with van der Waals surface area (Å²) in [6.07, 6.45) is 0. The minimum absolute atomic E-state index is 0.240. The summed E-state index contributed by atoms with van der Waals surface area (Å²) in [4.78, 5) is 5.67. The van der Waals surface area contributed by atoms with Crippen LogP contribution in [-0.2, 0) is 0 Å². The lowest BCUT2D eigenvalue weighted by atomic mass is 10.2. The molecule has 4 nitrogen and oxygen atoms in total. The Kier molecular flexibility index (Phi) is 2.97. The van der Waals surface area contributed by atoms with Crippen molar-refractivity contribution in [3.05, 3.63) is 21.1 Å². The highest BCUT2D eigenvalue weighted by atomic mass is 32.1. The van der Waals surface area contributed by atoms with Crippen LogP contribution < -0.4 is 5.32 Å². The topological polar surface area (TPSA) is 50.7 Å². The van der Waals surface area contributed by atoms with Gasteiger partial charge >= 0.3 is 0 Å². The van der Waals surface area contributed by atoms with Gasteiger partial charge in [-0.05, 0) is 20.8 Å². The molecule has 0 aliphatic rings. The summed E-state index contributed by atoms with van der Waals surface area (Å²) >= 11 is 3.24. The van der Waals surface area contributed by atoms with Crippen LogP contribution in [0.2, 0.25) is 0 Å². The largest absolute Gasteiger partial charge is 0.353 e. The third-order valence-electron chi connectivity index (χ3n) is 2.03. The van der Waals surface area contributed by atoms with E-state index >= 15 is 0 Å². The Morgan fingerprint density at radius 1 is 1.40 bits per heavy atom. The van der Waals surface area contributed by atoms with E-state index < -0.39 is 0 Å². The van der Waals surface area contributed by atoms with Crippen molar-refractivity contribution in [1.29, 1.82) is 0 Å². The van der Waals surface area contributed by atoms with E-state index in [1.54, 1.807) is 16.8 Å². The summed E-state index contributed by atoms with van der Waals surface area (Å²) in [6.45, 7) is 6.18. The number of hydrogen-bond acceptors (Lipinski definition) is 6. The van der Waals surface area contributed by atoms with Crippen LogP contribution in [0, 0.1) is 13.8 Å². The van der Waals surface area contributed by atoms with Crippen molar-refractivity contribution >= 4 is 27.8 Å². The first-order valence-electron chi connectivity index (χ1n) is 4.63. The Labute approximate surface area is 96.4 Å². The Balaban J connectivity index is 2.14. The first kappa shape index (κ1) is 10.5. The van der Waals surface area contributed by atoms with Crippen molar-refractivity contribution < 1.29 is 0 Å². The highest BCUT2D eigenvalue weighted by Crippen LogP contribution is 2.27. The smallest absolute Gasteiger partial charge is 0.205 e. The molecule has 15 heavy (non-hydrogen) atoms. The maximum Gasteiger partial charge on any atom is 0.205 e. The number of aryl methyl sites for hydroxylation is 2. The number of aromatic nitrogens is 3. The van der Waals surface area contributed by atoms with Crippen molar-refractivity contribution in [2.75, 3.05) is 5.32 Å². The first-order valence-corrected chi connectivity index (χ1v) is 6.33. The van der Waals surface area contributed by atoms with Crippen molar-refractivity contribution in [3.8, 4) is 0 Å². The number of nitrogens with one attached hydrogen (secondary N) is 1. The highest BCUT2D eigenvalue weighted by Gasteiger charge is 2.13. The van der Waals surface area contributed by atoms with Gasteiger partial charge in [0.2, 0.25) is 5.13 Å². The minimum Gasteiger partial charge on any atom is -0.353 e. The van der Waals surface area contributed by atoms with Gasteiger partial charge in [0, 0.05) is 4.88 Å². The lowest BCUT2D eigenvalue weighted by Gasteiger charge is -2.10. The highest BCUT2D eigenvalue weighted by molar-refractivity contribution is 7.13. The molecular weight excluding hydrogens is 228 g/mol. The molecule has 0 spiro atoms. The molecule has 80 valence electrons. The molecule has 2 heterocycles. The van der Waals surface area contributed by atoms with Gasteiger partial charge in [-0.3, -0.25) is 0 Å². The van der Waals surface area contributed by atoms with E-state index in [0.717, 1.165) is 15.8 Å². The second-order valence-corrected chi connectivity index (χ2v) is 5.36. The molecule has 0 aromatic carbocycles. The monoisotopic (exact) mass is 240 g/mol. The number of rotatable bonds is 3. The number of anilines is 1. The van der Waals surface area contributed by atoms with Crippen molar-refractivity contribution in [2.24, 2.45) is 0 Å². The van der Waals surface area contributed by atoms with Gasteiger partial charge in [-0.15, -0.1) is 21.5 Å². The molecule has 0 saturated carbocycles. The summed E-state index contributed by atoms with van der Waals surface area (Å²) < 4.78 is 0. The molecule has 2 aromatic heterocycles. The molecule has 0 saturated heterocycles. The molecule has 0 aliphatic heterocycles. The SMILES string of the molecule is Cc1nc(C)c(C(C)Nc2nncs2)s1. The van der Waals surface area contributed by atoms with Crippen molar-refractivity contribution in [1.82, 2.24) is 15.2 Å². The number of nitrogens with zero attached hydrogens (tertiary/aromatic N) is 3. The van der Waals surface area contributed by atoms with Crippen molar-refractivity contribution in [3.63, 3.8) is 0 Å². The molecule has 0 amide bonds. The Morgan fingerprint density at radius 2 is 2.20 bits per heavy atom. The summed E-state index contributed by atoms with van der Waals surface area (Å²) in [6, 6.07) is 0.240. The first-order chi connectivity index (χ1) is 7.16. The van der Waals surface area contributed by atoms with Gasteiger partial charge in [0.1, 0.15) is 5.51 Å². The Morgan fingerprint density at radius 3 is 2.73 bits per heavy atom. The summed E-state index contributed by atoms with van der Waals surface area (Å²) in [5.74, 6) is 0. The van der Waals surface area contributed by atoms with Gasteiger partial charge in [-0.25, -0.2) is 4.98 Å². The van der Waals surface area contributed by atoms with Gasteiger partial charge < -0.3 is 5.32 Å². The fraction of sp³-hybridized carbons (Fsp3) is 0.444. The van der Waals surface area contributed by atoms with Crippen LogP contribution in [0.25, 0.3) is 0 Å². The van der Waals surface area contributed by atoms with Crippen LogP contribution in [-0.4, -0.2) is 15.2 Å². The third-order valence-corrected chi connectivity index (χ3v) is 3.91. The van der Waals surface area contributed by atoms with E-state index in [9.17, 15) is 0 Å². The van der Waals surface area contributed by atoms with E-state index in [-0.39, 0.29) is 6.04 Å². The third kappa shape index (κ3) is 2.32.